The molecule has 0 aliphatic heterocycles. The Bertz CT molecular complexity index is 839. The van der Waals surface area contributed by atoms with Crippen LogP contribution in [0.4, 0.5) is 0 Å². The van der Waals surface area contributed by atoms with E-state index in [4.69, 9.17) is 16.0 Å². The molecular weight excluding hydrogens is 284 g/mol. The van der Waals surface area contributed by atoms with Gasteiger partial charge in [-0.05, 0) is 51.1 Å². The van der Waals surface area contributed by atoms with Crippen LogP contribution in [-0.4, -0.2) is 5.78 Å². The first-order chi connectivity index (χ1) is 9.95. The van der Waals surface area contributed by atoms with E-state index in [1.165, 1.54) is 0 Å². The molecule has 2 aromatic carbocycles. The molecule has 1 aromatic heterocycles. The fourth-order valence-corrected chi connectivity index (χ4v) is 2.82. The summed E-state index contributed by atoms with van der Waals surface area (Å²) in [7, 11) is 0. The summed E-state index contributed by atoms with van der Waals surface area (Å²) in [6, 6.07) is 11.2. The van der Waals surface area contributed by atoms with Crippen molar-refractivity contribution in [1.82, 2.24) is 0 Å². The van der Waals surface area contributed by atoms with E-state index in [0.717, 1.165) is 22.1 Å². The number of rotatable bonds is 2. The fourth-order valence-electron chi connectivity index (χ4n) is 2.65. The number of benzene rings is 2. The van der Waals surface area contributed by atoms with Gasteiger partial charge < -0.3 is 4.42 Å². The lowest BCUT2D eigenvalue weighted by Gasteiger charge is -2.03. The molecule has 0 amide bonds. The van der Waals surface area contributed by atoms with E-state index in [0.29, 0.717) is 21.9 Å². The predicted molar refractivity (Wildman–Crippen MR) is 85.3 cm³/mol. The van der Waals surface area contributed by atoms with Gasteiger partial charge in [-0.15, -0.1) is 0 Å². The topological polar surface area (TPSA) is 30.2 Å². The van der Waals surface area contributed by atoms with Crippen LogP contribution >= 0.6 is 11.6 Å². The van der Waals surface area contributed by atoms with E-state index >= 15 is 0 Å². The van der Waals surface area contributed by atoms with E-state index in [9.17, 15) is 4.79 Å². The van der Waals surface area contributed by atoms with Gasteiger partial charge in [-0.1, -0.05) is 28.8 Å². The molecule has 0 aliphatic rings. The van der Waals surface area contributed by atoms with E-state index in [-0.39, 0.29) is 5.78 Å². The van der Waals surface area contributed by atoms with Gasteiger partial charge in [-0.3, -0.25) is 4.79 Å². The van der Waals surface area contributed by atoms with E-state index < -0.39 is 0 Å². The zero-order chi connectivity index (χ0) is 15.1. The van der Waals surface area contributed by atoms with Gasteiger partial charge in [0.1, 0.15) is 5.58 Å². The molecule has 3 aromatic rings. The van der Waals surface area contributed by atoms with Crippen LogP contribution in [0.15, 0.2) is 40.8 Å². The molecule has 3 heteroatoms. The Morgan fingerprint density at radius 2 is 1.67 bits per heavy atom. The summed E-state index contributed by atoms with van der Waals surface area (Å²) in [5, 5.41) is 1.52. The molecule has 1 heterocycles. The van der Waals surface area contributed by atoms with Crippen LogP contribution < -0.4 is 0 Å². The Labute approximate surface area is 128 Å². The first kappa shape index (κ1) is 13.9. The number of carbonyl (C=O) groups excluding carboxylic acids is 1. The molecule has 0 N–H and O–H groups in total. The van der Waals surface area contributed by atoms with Crippen LogP contribution in [0.2, 0.25) is 5.02 Å². The van der Waals surface area contributed by atoms with Gasteiger partial charge >= 0.3 is 0 Å². The van der Waals surface area contributed by atoms with Crippen LogP contribution in [0.25, 0.3) is 11.0 Å². The lowest BCUT2D eigenvalue weighted by Crippen LogP contribution is -2.02. The quantitative estimate of drug-likeness (QED) is 0.605. The van der Waals surface area contributed by atoms with Crippen molar-refractivity contribution in [3.63, 3.8) is 0 Å². The highest BCUT2D eigenvalue weighted by Crippen LogP contribution is 2.29. The molecule has 0 bridgehead atoms. The van der Waals surface area contributed by atoms with E-state index in [1.54, 1.807) is 12.1 Å². The Morgan fingerprint density at radius 3 is 2.33 bits per heavy atom. The van der Waals surface area contributed by atoms with Crippen molar-refractivity contribution in [2.24, 2.45) is 0 Å². The second-order valence-corrected chi connectivity index (χ2v) is 5.84. The van der Waals surface area contributed by atoms with Gasteiger partial charge in [0.2, 0.25) is 5.78 Å². The van der Waals surface area contributed by atoms with Crippen LogP contribution in [-0.2, 0) is 0 Å². The van der Waals surface area contributed by atoms with Crippen LogP contribution in [0, 0.1) is 20.8 Å². The first-order valence-electron chi connectivity index (χ1n) is 6.77. The third-order valence-electron chi connectivity index (χ3n) is 3.59. The second kappa shape index (κ2) is 5.05. The molecule has 0 spiro atoms. The number of halogens is 1. The number of furan rings is 1. The van der Waals surface area contributed by atoms with Gasteiger partial charge in [-0.25, -0.2) is 0 Å². The summed E-state index contributed by atoms with van der Waals surface area (Å²) in [5.74, 6) is 0.295. The zero-order valence-corrected chi connectivity index (χ0v) is 12.9. The summed E-state index contributed by atoms with van der Waals surface area (Å²) < 4.78 is 5.74. The highest BCUT2D eigenvalue weighted by atomic mass is 35.5. The van der Waals surface area contributed by atoms with Crippen molar-refractivity contribution in [2.45, 2.75) is 20.8 Å². The molecule has 106 valence electrons. The van der Waals surface area contributed by atoms with E-state index in [2.05, 4.69) is 0 Å². The number of aryl methyl sites for hydroxylation is 3. The number of hydrogen-bond acceptors (Lipinski definition) is 2. The smallest absolute Gasteiger partial charge is 0.228 e. The van der Waals surface area contributed by atoms with Gasteiger partial charge in [-0.2, -0.15) is 0 Å². The SMILES string of the molecule is Cc1cc(C)cc(C(=O)c2oc3ccc(Cl)cc3c2C)c1. The molecule has 0 saturated heterocycles. The fraction of sp³-hybridized carbons (Fsp3) is 0.167. The molecule has 0 unspecified atom stereocenters. The molecular formula is C18H15ClO2. The van der Waals surface area contributed by atoms with Crippen molar-refractivity contribution in [3.05, 3.63) is 69.4 Å². The van der Waals surface area contributed by atoms with Crippen LogP contribution in [0.3, 0.4) is 0 Å². The number of ketones is 1. The maximum absolute atomic E-state index is 12.7. The normalized spacial score (nSPS) is 11.0. The lowest BCUT2D eigenvalue weighted by atomic mass is 10.0. The molecule has 0 aliphatic carbocycles. The van der Waals surface area contributed by atoms with Crippen molar-refractivity contribution in [1.29, 1.82) is 0 Å². The average Bonchev–Trinajstić information content (AvgIpc) is 2.74. The van der Waals surface area contributed by atoms with Crippen molar-refractivity contribution >= 4 is 28.4 Å². The summed E-state index contributed by atoms with van der Waals surface area (Å²) in [5.41, 5.74) is 4.30. The monoisotopic (exact) mass is 298 g/mol. The summed E-state index contributed by atoms with van der Waals surface area (Å²) in [4.78, 5) is 12.7. The largest absolute Gasteiger partial charge is 0.452 e. The minimum absolute atomic E-state index is 0.0911. The van der Waals surface area contributed by atoms with Gasteiger partial charge in [0.25, 0.3) is 0 Å². The molecule has 21 heavy (non-hydrogen) atoms. The van der Waals surface area contributed by atoms with Gasteiger partial charge in [0.05, 0.1) is 0 Å². The highest BCUT2D eigenvalue weighted by Gasteiger charge is 2.19. The average molecular weight is 299 g/mol. The molecule has 3 rings (SSSR count). The van der Waals surface area contributed by atoms with Crippen molar-refractivity contribution in [3.8, 4) is 0 Å². The van der Waals surface area contributed by atoms with E-state index in [1.807, 2.05) is 45.0 Å². The Balaban J connectivity index is 2.15. The third kappa shape index (κ3) is 2.47. The maximum Gasteiger partial charge on any atom is 0.228 e. The highest BCUT2D eigenvalue weighted by molar-refractivity contribution is 6.31. The zero-order valence-electron chi connectivity index (χ0n) is 12.2. The summed E-state index contributed by atoms with van der Waals surface area (Å²) >= 11 is 6.01. The Kier molecular flexibility index (Phi) is 3.34. The third-order valence-corrected chi connectivity index (χ3v) is 3.82. The molecule has 0 saturated carbocycles. The van der Waals surface area contributed by atoms with Gasteiger partial charge in [0, 0.05) is 21.5 Å². The maximum atomic E-state index is 12.7. The Hall–Kier alpha value is -2.06. The Morgan fingerprint density at radius 1 is 1.00 bits per heavy atom. The minimum Gasteiger partial charge on any atom is -0.452 e. The number of carbonyl (C=O) groups is 1. The van der Waals surface area contributed by atoms with Crippen molar-refractivity contribution in [2.75, 3.05) is 0 Å². The van der Waals surface area contributed by atoms with Crippen LogP contribution in [0.1, 0.15) is 32.8 Å². The predicted octanol–water partition coefficient (Wildman–Crippen LogP) is 5.24. The van der Waals surface area contributed by atoms with Gasteiger partial charge in [0.15, 0.2) is 5.76 Å². The molecule has 0 fully saturated rings. The van der Waals surface area contributed by atoms with Crippen molar-refractivity contribution < 1.29 is 9.21 Å². The minimum atomic E-state index is -0.0911. The molecule has 0 radical (unpaired) electrons. The van der Waals surface area contributed by atoms with Crippen LogP contribution in [0.5, 0.6) is 0 Å². The number of fused-ring (bicyclic) bond motifs is 1. The number of hydrogen-bond donors (Lipinski definition) is 0. The molecule has 2 nitrogen and oxygen atoms in total. The summed E-state index contributed by atoms with van der Waals surface area (Å²) in [6.07, 6.45) is 0. The summed E-state index contributed by atoms with van der Waals surface area (Å²) in [6.45, 7) is 5.85. The molecule has 0 atom stereocenters. The lowest BCUT2D eigenvalue weighted by molar-refractivity contribution is 0.101. The second-order valence-electron chi connectivity index (χ2n) is 5.40. The standard InChI is InChI=1S/C18H15ClO2/c1-10-6-11(2)8-13(7-10)17(20)18-12(3)15-9-14(19)4-5-16(15)21-18/h4-9H,1-3H3. The first-order valence-corrected chi connectivity index (χ1v) is 7.15.